The number of halogens is 1. The molecule has 1 aromatic rings. The van der Waals surface area contributed by atoms with Gasteiger partial charge in [0.25, 0.3) is 0 Å². The number of nitrogens with zero attached hydrogens (tertiary/aromatic N) is 1. The second kappa shape index (κ2) is 6.55. The summed E-state index contributed by atoms with van der Waals surface area (Å²) in [5.41, 5.74) is 6.04. The van der Waals surface area contributed by atoms with Crippen LogP contribution in [0, 0.1) is 5.92 Å². The van der Waals surface area contributed by atoms with Crippen LogP contribution in [0.2, 0.25) is 0 Å². The van der Waals surface area contributed by atoms with Gasteiger partial charge in [0, 0.05) is 36.7 Å². The molecule has 0 radical (unpaired) electrons. The molecule has 1 rings (SSSR count). The highest BCUT2D eigenvalue weighted by atomic mass is 79.9. The van der Waals surface area contributed by atoms with Crippen molar-refractivity contribution in [3.63, 3.8) is 0 Å². The highest BCUT2D eigenvalue weighted by Gasteiger charge is 2.25. The molecule has 0 saturated carbocycles. The number of sulfonamides is 1. The molecular formula is C12H18BrN3O3S. The largest absolute Gasteiger partial charge is 0.398 e. The van der Waals surface area contributed by atoms with E-state index in [0.717, 1.165) is 4.31 Å². The molecule has 0 aliphatic heterocycles. The van der Waals surface area contributed by atoms with Crippen LogP contribution in [0.1, 0.15) is 6.92 Å². The zero-order valence-corrected chi connectivity index (χ0v) is 14.0. The Balaban J connectivity index is 2.98. The molecule has 0 aliphatic rings. The third-order valence-corrected chi connectivity index (χ3v) is 5.44. The standard InChI is InChI=1S/C12H18BrN3O3S/c1-8(12(17)15-2)7-16(3)20(18,19)9-4-5-10(13)11(14)6-9/h4-6,8H,7,14H2,1-3H3,(H,15,17). The first-order valence-electron chi connectivity index (χ1n) is 5.93. The van der Waals surface area contributed by atoms with Crippen molar-refractivity contribution >= 4 is 37.5 Å². The molecular weight excluding hydrogens is 346 g/mol. The van der Waals surface area contributed by atoms with Crippen molar-refractivity contribution in [3.8, 4) is 0 Å². The Labute approximate surface area is 127 Å². The molecule has 1 unspecified atom stereocenters. The average molecular weight is 364 g/mol. The minimum Gasteiger partial charge on any atom is -0.398 e. The van der Waals surface area contributed by atoms with Crippen molar-refractivity contribution in [2.45, 2.75) is 11.8 Å². The van der Waals surface area contributed by atoms with E-state index in [-0.39, 0.29) is 17.3 Å². The van der Waals surface area contributed by atoms with Gasteiger partial charge in [-0.2, -0.15) is 0 Å². The van der Waals surface area contributed by atoms with E-state index in [9.17, 15) is 13.2 Å². The molecule has 1 aromatic carbocycles. The molecule has 0 spiro atoms. The van der Waals surface area contributed by atoms with E-state index in [1.54, 1.807) is 13.0 Å². The van der Waals surface area contributed by atoms with E-state index in [2.05, 4.69) is 21.2 Å². The summed E-state index contributed by atoms with van der Waals surface area (Å²) in [5.74, 6) is -0.644. The van der Waals surface area contributed by atoms with Gasteiger partial charge in [0.05, 0.1) is 4.90 Å². The Morgan fingerprint density at radius 3 is 2.60 bits per heavy atom. The molecule has 6 nitrogen and oxygen atoms in total. The van der Waals surface area contributed by atoms with Crippen LogP contribution in [0.5, 0.6) is 0 Å². The summed E-state index contributed by atoms with van der Waals surface area (Å²) in [6, 6.07) is 4.44. The Hall–Kier alpha value is -1.12. The molecule has 3 N–H and O–H groups in total. The number of carbonyl (C=O) groups is 1. The van der Waals surface area contributed by atoms with Crippen LogP contribution in [0.4, 0.5) is 5.69 Å². The summed E-state index contributed by atoms with van der Waals surface area (Å²) < 4.78 is 26.5. The number of nitrogen functional groups attached to an aromatic ring is 1. The van der Waals surface area contributed by atoms with Gasteiger partial charge in [-0.15, -0.1) is 0 Å². The van der Waals surface area contributed by atoms with Gasteiger partial charge >= 0.3 is 0 Å². The van der Waals surface area contributed by atoms with E-state index in [0.29, 0.717) is 10.2 Å². The van der Waals surface area contributed by atoms with Crippen molar-refractivity contribution < 1.29 is 13.2 Å². The fraction of sp³-hybridized carbons (Fsp3) is 0.417. The zero-order chi connectivity index (χ0) is 15.5. The number of hydrogen-bond acceptors (Lipinski definition) is 4. The molecule has 0 aromatic heterocycles. The number of amides is 1. The third-order valence-electron chi connectivity index (χ3n) is 2.90. The van der Waals surface area contributed by atoms with Gasteiger partial charge in [-0.25, -0.2) is 12.7 Å². The predicted octanol–water partition coefficient (Wildman–Crippen LogP) is 1.03. The SMILES string of the molecule is CNC(=O)C(C)CN(C)S(=O)(=O)c1ccc(Br)c(N)c1. The summed E-state index contributed by atoms with van der Waals surface area (Å²) >= 11 is 3.22. The maximum atomic E-state index is 12.4. The molecule has 0 fully saturated rings. The van der Waals surface area contributed by atoms with Gasteiger partial charge in [-0.1, -0.05) is 6.92 Å². The van der Waals surface area contributed by atoms with Gasteiger partial charge < -0.3 is 11.1 Å². The van der Waals surface area contributed by atoms with E-state index in [1.807, 2.05) is 0 Å². The molecule has 1 amide bonds. The topological polar surface area (TPSA) is 92.5 Å². The van der Waals surface area contributed by atoms with E-state index < -0.39 is 15.9 Å². The quantitative estimate of drug-likeness (QED) is 0.764. The van der Waals surface area contributed by atoms with E-state index in [1.165, 1.54) is 26.2 Å². The van der Waals surface area contributed by atoms with Crippen LogP contribution in [0.15, 0.2) is 27.6 Å². The van der Waals surface area contributed by atoms with E-state index in [4.69, 9.17) is 5.73 Å². The summed E-state index contributed by atoms with van der Waals surface area (Å²) in [7, 11) is -0.708. The van der Waals surface area contributed by atoms with Gasteiger partial charge in [0.2, 0.25) is 15.9 Å². The molecule has 0 bridgehead atoms. The second-order valence-corrected chi connectivity index (χ2v) is 7.38. The van der Waals surface area contributed by atoms with Crippen LogP contribution in [-0.4, -0.2) is 39.3 Å². The second-order valence-electron chi connectivity index (χ2n) is 4.48. The average Bonchev–Trinajstić information content (AvgIpc) is 2.40. The van der Waals surface area contributed by atoms with Gasteiger partial charge in [0.1, 0.15) is 0 Å². The molecule has 1 atom stereocenters. The maximum absolute atomic E-state index is 12.4. The van der Waals surface area contributed by atoms with Gasteiger partial charge in [-0.05, 0) is 34.1 Å². The first-order valence-corrected chi connectivity index (χ1v) is 8.16. The van der Waals surface area contributed by atoms with Crippen LogP contribution in [-0.2, 0) is 14.8 Å². The van der Waals surface area contributed by atoms with Crippen LogP contribution in [0.25, 0.3) is 0 Å². The molecule has 8 heteroatoms. The molecule has 112 valence electrons. The summed E-state index contributed by atoms with van der Waals surface area (Å²) in [6.45, 7) is 1.76. The number of carbonyl (C=O) groups excluding carboxylic acids is 1. The van der Waals surface area contributed by atoms with Crippen molar-refractivity contribution in [1.29, 1.82) is 0 Å². The Kier molecular flexibility index (Phi) is 5.55. The lowest BCUT2D eigenvalue weighted by Crippen LogP contribution is -2.37. The predicted molar refractivity (Wildman–Crippen MR) is 81.6 cm³/mol. The lowest BCUT2D eigenvalue weighted by atomic mass is 10.2. The first kappa shape index (κ1) is 16.9. The van der Waals surface area contributed by atoms with Gasteiger partial charge in [-0.3, -0.25) is 4.79 Å². The number of rotatable bonds is 5. The summed E-state index contributed by atoms with van der Waals surface area (Å²) in [4.78, 5) is 11.6. The summed E-state index contributed by atoms with van der Waals surface area (Å²) in [5, 5.41) is 2.49. The van der Waals surface area contributed by atoms with E-state index >= 15 is 0 Å². The van der Waals surface area contributed by atoms with Gasteiger partial charge in [0.15, 0.2) is 0 Å². The highest BCUT2D eigenvalue weighted by Crippen LogP contribution is 2.24. The Morgan fingerprint density at radius 2 is 2.10 bits per heavy atom. The first-order chi connectivity index (χ1) is 9.20. The van der Waals surface area contributed by atoms with Crippen LogP contribution >= 0.6 is 15.9 Å². The third kappa shape index (κ3) is 3.71. The zero-order valence-electron chi connectivity index (χ0n) is 11.6. The number of nitrogens with one attached hydrogen (secondary N) is 1. The lowest BCUT2D eigenvalue weighted by molar-refractivity contribution is -0.124. The highest BCUT2D eigenvalue weighted by molar-refractivity contribution is 9.10. The molecule has 20 heavy (non-hydrogen) atoms. The van der Waals surface area contributed by atoms with Crippen LogP contribution in [0.3, 0.4) is 0 Å². The minimum absolute atomic E-state index is 0.0952. The van der Waals surface area contributed by atoms with Crippen LogP contribution < -0.4 is 11.1 Å². The smallest absolute Gasteiger partial charge is 0.242 e. The fourth-order valence-electron chi connectivity index (χ4n) is 1.68. The maximum Gasteiger partial charge on any atom is 0.242 e. The number of benzene rings is 1. The van der Waals surface area contributed by atoms with Crippen molar-refractivity contribution in [2.24, 2.45) is 5.92 Å². The Bertz CT molecular complexity index is 604. The normalized spacial score (nSPS) is 13.2. The Morgan fingerprint density at radius 1 is 1.50 bits per heavy atom. The number of nitrogens with two attached hydrogens (primary N) is 1. The lowest BCUT2D eigenvalue weighted by Gasteiger charge is -2.20. The van der Waals surface area contributed by atoms with Crippen molar-refractivity contribution in [1.82, 2.24) is 9.62 Å². The van der Waals surface area contributed by atoms with Crippen molar-refractivity contribution in [2.75, 3.05) is 26.4 Å². The number of anilines is 1. The molecule has 0 aliphatic carbocycles. The minimum atomic E-state index is -3.66. The number of hydrogen-bond donors (Lipinski definition) is 2. The summed E-state index contributed by atoms with van der Waals surface area (Å²) in [6.07, 6.45) is 0. The van der Waals surface area contributed by atoms with Crippen molar-refractivity contribution in [3.05, 3.63) is 22.7 Å². The fourth-order valence-corrected chi connectivity index (χ4v) is 3.22. The molecule has 0 heterocycles. The molecule has 0 saturated heterocycles. The monoisotopic (exact) mass is 363 g/mol.